The normalized spacial score (nSPS) is 17.7. The molecule has 0 aliphatic carbocycles. The predicted molar refractivity (Wildman–Crippen MR) is 112 cm³/mol. The first-order valence-corrected chi connectivity index (χ1v) is 11.0. The zero-order valence-corrected chi connectivity index (χ0v) is 16.5. The molecule has 29 heavy (non-hydrogen) atoms. The monoisotopic (exact) mass is 404 g/mol. The fourth-order valence-corrected chi connectivity index (χ4v) is 5.61. The third-order valence-corrected chi connectivity index (χ3v) is 7.37. The van der Waals surface area contributed by atoms with Crippen LogP contribution in [-0.2, 0) is 10.0 Å². The minimum Gasteiger partial charge on any atom is -0.247 e. The molecule has 0 radical (unpaired) electrons. The Balaban J connectivity index is 1.41. The van der Waals surface area contributed by atoms with E-state index in [0.717, 1.165) is 22.0 Å². The van der Waals surface area contributed by atoms with Gasteiger partial charge in [0.2, 0.25) is 10.0 Å². The summed E-state index contributed by atoms with van der Waals surface area (Å²) in [5.74, 6) is 0. The van der Waals surface area contributed by atoms with Crippen LogP contribution in [0.1, 0.15) is 12.5 Å². The second kappa shape index (κ2) is 7.09. The lowest BCUT2D eigenvalue weighted by atomic mass is 10.1. The number of hydrogen-bond donors (Lipinski definition) is 0. The minimum absolute atomic E-state index is 0.0234. The van der Waals surface area contributed by atoms with Crippen molar-refractivity contribution in [3.05, 3.63) is 79.0 Å². The van der Waals surface area contributed by atoms with Gasteiger partial charge in [0.25, 0.3) is 0 Å². The van der Waals surface area contributed by atoms with Gasteiger partial charge in [-0.25, -0.2) is 13.1 Å². The van der Waals surface area contributed by atoms with Gasteiger partial charge >= 0.3 is 0 Å². The Hall–Kier alpha value is -3.03. The highest BCUT2D eigenvalue weighted by Gasteiger charge is 2.34. The summed E-state index contributed by atoms with van der Waals surface area (Å²) in [6.45, 7) is 0.861. The number of hydrogen-bond acceptors (Lipinski definition) is 4. The van der Waals surface area contributed by atoms with Crippen LogP contribution < -0.4 is 0 Å². The predicted octanol–water partition coefficient (Wildman–Crippen LogP) is 3.73. The van der Waals surface area contributed by atoms with E-state index in [1.807, 2.05) is 66.9 Å². The molecule has 0 unspecified atom stereocenters. The summed E-state index contributed by atoms with van der Waals surface area (Å²) in [5.41, 5.74) is 1.79. The molecule has 1 aliphatic heterocycles. The Kier molecular flexibility index (Phi) is 4.41. The lowest BCUT2D eigenvalue weighted by Crippen LogP contribution is -2.29. The average Bonchev–Trinajstić information content (AvgIpc) is 3.44. The molecule has 5 rings (SSSR count). The van der Waals surface area contributed by atoms with Crippen LogP contribution in [0.15, 0.2) is 83.9 Å². The van der Waals surface area contributed by atoms with Crippen molar-refractivity contribution < 1.29 is 8.42 Å². The second-order valence-electron chi connectivity index (χ2n) is 7.23. The van der Waals surface area contributed by atoms with Crippen molar-refractivity contribution in [1.29, 1.82) is 0 Å². The Morgan fingerprint density at radius 3 is 2.52 bits per heavy atom. The Labute approximate surface area is 169 Å². The zero-order valence-electron chi connectivity index (χ0n) is 15.7. The first-order valence-electron chi connectivity index (χ1n) is 9.58. The van der Waals surface area contributed by atoms with Crippen LogP contribution in [0.5, 0.6) is 0 Å². The van der Waals surface area contributed by atoms with Crippen LogP contribution in [0.3, 0.4) is 0 Å². The molecule has 1 aliphatic rings. The molecular weight excluding hydrogens is 384 g/mol. The molecule has 7 heteroatoms. The van der Waals surface area contributed by atoms with Gasteiger partial charge in [0.15, 0.2) is 0 Å². The highest BCUT2D eigenvalue weighted by molar-refractivity contribution is 7.89. The van der Waals surface area contributed by atoms with Crippen LogP contribution in [0.4, 0.5) is 0 Å². The van der Waals surface area contributed by atoms with Crippen molar-refractivity contribution in [2.45, 2.75) is 17.4 Å². The number of benzene rings is 3. The zero-order chi connectivity index (χ0) is 19.8. The first kappa shape index (κ1) is 18.0. The molecule has 1 saturated heterocycles. The summed E-state index contributed by atoms with van der Waals surface area (Å²) < 4.78 is 30.0. The fourth-order valence-electron chi connectivity index (χ4n) is 3.90. The number of sulfonamides is 1. The summed E-state index contributed by atoms with van der Waals surface area (Å²) in [6.07, 6.45) is 2.61. The van der Waals surface area contributed by atoms with E-state index in [0.29, 0.717) is 24.4 Å². The molecule has 1 aromatic heterocycles. The van der Waals surface area contributed by atoms with Gasteiger partial charge < -0.3 is 0 Å². The van der Waals surface area contributed by atoms with Crippen molar-refractivity contribution in [3.8, 4) is 11.3 Å². The maximum Gasteiger partial charge on any atom is 0.243 e. The number of fused-ring (bicyclic) bond motifs is 1. The summed E-state index contributed by atoms with van der Waals surface area (Å²) in [6, 6.07) is 22.8. The summed E-state index contributed by atoms with van der Waals surface area (Å²) >= 11 is 0. The third-order valence-electron chi connectivity index (χ3n) is 5.45. The van der Waals surface area contributed by atoms with Crippen molar-refractivity contribution in [1.82, 2.24) is 19.3 Å². The molecule has 2 heterocycles. The topological polar surface area (TPSA) is 68.1 Å². The van der Waals surface area contributed by atoms with E-state index < -0.39 is 10.0 Å². The van der Waals surface area contributed by atoms with E-state index in [2.05, 4.69) is 10.3 Å². The Morgan fingerprint density at radius 1 is 0.897 bits per heavy atom. The molecule has 0 spiro atoms. The Morgan fingerprint density at radius 2 is 1.66 bits per heavy atom. The van der Waals surface area contributed by atoms with Crippen LogP contribution in [-0.4, -0.2) is 40.8 Å². The smallest absolute Gasteiger partial charge is 0.243 e. The van der Waals surface area contributed by atoms with Gasteiger partial charge in [-0.2, -0.15) is 4.31 Å². The molecule has 0 bridgehead atoms. The van der Waals surface area contributed by atoms with E-state index in [9.17, 15) is 8.42 Å². The van der Waals surface area contributed by atoms with E-state index in [1.54, 1.807) is 21.1 Å². The number of rotatable bonds is 4. The highest BCUT2D eigenvalue weighted by atomic mass is 32.2. The highest BCUT2D eigenvalue weighted by Crippen LogP contribution is 2.31. The van der Waals surface area contributed by atoms with E-state index in [1.165, 1.54) is 0 Å². The summed E-state index contributed by atoms with van der Waals surface area (Å²) in [4.78, 5) is 0.361. The molecule has 4 aromatic rings. The molecule has 1 fully saturated rings. The maximum absolute atomic E-state index is 13.3. The van der Waals surface area contributed by atoms with Crippen molar-refractivity contribution in [2.75, 3.05) is 13.1 Å². The van der Waals surface area contributed by atoms with Gasteiger partial charge in [-0.3, -0.25) is 0 Å². The van der Waals surface area contributed by atoms with Crippen LogP contribution >= 0.6 is 0 Å². The van der Waals surface area contributed by atoms with Gasteiger partial charge in [-0.1, -0.05) is 71.9 Å². The molecule has 146 valence electrons. The maximum atomic E-state index is 13.3. The van der Waals surface area contributed by atoms with Gasteiger partial charge in [0.1, 0.15) is 5.69 Å². The molecule has 0 N–H and O–H groups in total. The molecule has 1 atom stereocenters. The lowest BCUT2D eigenvalue weighted by molar-refractivity contribution is 0.428. The summed E-state index contributed by atoms with van der Waals surface area (Å²) in [5, 5.41) is 10.2. The second-order valence-corrected chi connectivity index (χ2v) is 9.14. The Bertz CT molecular complexity index is 1260. The fraction of sp³-hybridized carbons (Fsp3) is 0.182. The van der Waals surface area contributed by atoms with Crippen molar-refractivity contribution in [2.24, 2.45) is 0 Å². The standard InChI is InChI=1S/C22H20N4O2S/c27-29(28,22-12-6-10-17-7-4-5-11-20(17)22)25-14-13-19(15-25)26-16-21(23-24-26)18-8-2-1-3-9-18/h1-12,16,19H,13-15H2/t19-/m1/s1. The van der Waals surface area contributed by atoms with Crippen LogP contribution in [0.2, 0.25) is 0 Å². The number of nitrogens with zero attached hydrogens (tertiary/aromatic N) is 4. The van der Waals surface area contributed by atoms with Crippen molar-refractivity contribution >= 4 is 20.8 Å². The SMILES string of the molecule is O=S(=O)(c1cccc2ccccc12)N1CC[C@@H](n2cc(-c3ccccc3)nn2)C1. The van der Waals surface area contributed by atoms with Crippen molar-refractivity contribution in [3.63, 3.8) is 0 Å². The van der Waals surface area contributed by atoms with Gasteiger partial charge in [-0.05, 0) is 17.9 Å². The molecule has 3 aromatic carbocycles. The lowest BCUT2D eigenvalue weighted by Gasteiger charge is -2.18. The van der Waals surface area contributed by atoms with Gasteiger partial charge in [-0.15, -0.1) is 5.10 Å². The first-order chi connectivity index (χ1) is 14.1. The van der Waals surface area contributed by atoms with Crippen LogP contribution in [0, 0.1) is 0 Å². The molecular formula is C22H20N4O2S. The number of aromatic nitrogens is 3. The minimum atomic E-state index is -3.58. The van der Waals surface area contributed by atoms with E-state index >= 15 is 0 Å². The molecule has 0 saturated carbocycles. The average molecular weight is 404 g/mol. The largest absolute Gasteiger partial charge is 0.247 e. The summed E-state index contributed by atoms with van der Waals surface area (Å²) in [7, 11) is -3.58. The van der Waals surface area contributed by atoms with Gasteiger partial charge in [0, 0.05) is 24.0 Å². The molecule has 0 amide bonds. The third kappa shape index (κ3) is 3.22. The van der Waals surface area contributed by atoms with E-state index in [-0.39, 0.29) is 6.04 Å². The quantitative estimate of drug-likeness (QED) is 0.520. The van der Waals surface area contributed by atoms with Crippen LogP contribution in [0.25, 0.3) is 22.0 Å². The van der Waals surface area contributed by atoms with Gasteiger partial charge in [0.05, 0.1) is 17.1 Å². The van der Waals surface area contributed by atoms with E-state index in [4.69, 9.17) is 0 Å². The molecule has 6 nitrogen and oxygen atoms in total.